The summed E-state index contributed by atoms with van der Waals surface area (Å²) >= 11 is 5.69. The van der Waals surface area contributed by atoms with Crippen LogP contribution in [0.15, 0.2) is 48.5 Å². The van der Waals surface area contributed by atoms with Crippen LogP contribution in [-0.2, 0) is 10.7 Å². The number of carbonyl (C=O) groups excluding carboxylic acids is 1. The van der Waals surface area contributed by atoms with Gasteiger partial charge in [0, 0.05) is 30.6 Å². The van der Waals surface area contributed by atoms with E-state index >= 15 is 0 Å². The minimum atomic E-state index is -2.89. The van der Waals surface area contributed by atoms with Crippen molar-refractivity contribution in [3.8, 4) is 0 Å². The second-order valence-electron chi connectivity index (χ2n) is 5.76. The monoisotopic (exact) mass is 335 g/mol. The van der Waals surface area contributed by atoms with E-state index in [4.69, 9.17) is 11.6 Å². The number of halogens is 3. The summed E-state index contributed by atoms with van der Waals surface area (Å²) in [6, 6.07) is 13.9. The van der Waals surface area contributed by atoms with Gasteiger partial charge < -0.3 is 4.90 Å². The van der Waals surface area contributed by atoms with E-state index < -0.39 is 5.92 Å². The van der Waals surface area contributed by atoms with Crippen molar-refractivity contribution < 1.29 is 13.6 Å². The Balaban J connectivity index is 2.03. The van der Waals surface area contributed by atoms with Gasteiger partial charge >= 0.3 is 0 Å². The first-order valence-electron chi connectivity index (χ1n) is 7.35. The molecule has 0 aliphatic carbocycles. The molecule has 120 valence electrons. The number of amides is 1. The van der Waals surface area contributed by atoms with Crippen molar-refractivity contribution in [3.05, 3.63) is 65.2 Å². The van der Waals surface area contributed by atoms with E-state index in [1.54, 1.807) is 11.0 Å². The Morgan fingerprint density at radius 1 is 1.26 bits per heavy atom. The molecule has 1 heterocycles. The van der Waals surface area contributed by atoms with Gasteiger partial charge in [-0.05, 0) is 23.3 Å². The number of fused-ring (bicyclic) bond motifs is 1. The molecular formula is C18H16ClF2NO. The van der Waals surface area contributed by atoms with Gasteiger partial charge in [-0.1, -0.05) is 36.4 Å². The standard InChI is InChI=1S/C18H16ClF2NO/c1-18(20,21)13-6-4-5-12(9-13)15-11-22(17(23)10-19)16-8-3-2-7-14(15)16/h2-9,15H,10-11H2,1H3. The van der Waals surface area contributed by atoms with E-state index in [1.807, 2.05) is 30.3 Å². The van der Waals surface area contributed by atoms with Crippen molar-refractivity contribution in [2.75, 3.05) is 17.3 Å². The van der Waals surface area contributed by atoms with Crippen LogP contribution in [0.25, 0.3) is 0 Å². The van der Waals surface area contributed by atoms with E-state index in [2.05, 4.69) is 0 Å². The van der Waals surface area contributed by atoms with Crippen molar-refractivity contribution in [1.82, 2.24) is 0 Å². The second-order valence-corrected chi connectivity index (χ2v) is 6.03. The lowest BCUT2D eigenvalue weighted by molar-refractivity contribution is -0.116. The Kier molecular flexibility index (Phi) is 4.11. The third-order valence-corrected chi connectivity index (χ3v) is 4.41. The van der Waals surface area contributed by atoms with Crippen LogP contribution in [0.1, 0.15) is 29.5 Å². The third kappa shape index (κ3) is 2.95. The van der Waals surface area contributed by atoms with E-state index in [-0.39, 0.29) is 23.3 Å². The van der Waals surface area contributed by atoms with Crippen LogP contribution in [-0.4, -0.2) is 18.3 Å². The number of rotatable bonds is 3. The number of hydrogen-bond acceptors (Lipinski definition) is 1. The Hall–Kier alpha value is -1.94. The van der Waals surface area contributed by atoms with Gasteiger partial charge in [0.25, 0.3) is 5.92 Å². The molecule has 2 nitrogen and oxygen atoms in total. The van der Waals surface area contributed by atoms with Crippen LogP contribution in [0.5, 0.6) is 0 Å². The summed E-state index contributed by atoms with van der Waals surface area (Å²) in [5, 5.41) is 0. The number of alkyl halides is 3. The van der Waals surface area contributed by atoms with Crippen molar-refractivity contribution in [2.24, 2.45) is 0 Å². The minimum absolute atomic E-state index is 0.0189. The summed E-state index contributed by atoms with van der Waals surface area (Å²) in [5.41, 5.74) is 2.52. The lowest BCUT2D eigenvalue weighted by atomic mass is 9.91. The molecule has 0 bridgehead atoms. The number of carbonyl (C=O) groups is 1. The first-order valence-corrected chi connectivity index (χ1v) is 7.89. The SMILES string of the molecule is CC(F)(F)c1cccc(C2CN(C(=O)CCl)c3ccccc32)c1. The van der Waals surface area contributed by atoms with E-state index in [1.165, 1.54) is 12.1 Å². The largest absolute Gasteiger partial charge is 0.310 e. The predicted octanol–water partition coefficient (Wildman–Crippen LogP) is 4.52. The molecule has 5 heteroatoms. The Morgan fingerprint density at radius 2 is 2.00 bits per heavy atom. The molecule has 0 aromatic heterocycles. The fourth-order valence-electron chi connectivity index (χ4n) is 3.03. The van der Waals surface area contributed by atoms with Crippen molar-refractivity contribution >= 4 is 23.2 Å². The van der Waals surface area contributed by atoms with Crippen molar-refractivity contribution in [2.45, 2.75) is 18.8 Å². The van der Waals surface area contributed by atoms with E-state index in [9.17, 15) is 13.6 Å². The van der Waals surface area contributed by atoms with Crippen LogP contribution < -0.4 is 4.90 Å². The van der Waals surface area contributed by atoms with Gasteiger partial charge in [0.2, 0.25) is 5.91 Å². The summed E-state index contributed by atoms with van der Waals surface area (Å²) in [6.45, 7) is 1.31. The molecule has 0 spiro atoms. The van der Waals surface area contributed by atoms with Gasteiger partial charge in [0.1, 0.15) is 5.88 Å². The van der Waals surface area contributed by atoms with Gasteiger partial charge in [-0.2, -0.15) is 0 Å². The lowest BCUT2D eigenvalue weighted by Gasteiger charge is -2.17. The summed E-state index contributed by atoms with van der Waals surface area (Å²) < 4.78 is 27.2. The Labute approximate surface area is 138 Å². The number of hydrogen-bond donors (Lipinski definition) is 0. The van der Waals surface area contributed by atoms with Crippen LogP contribution >= 0.6 is 11.6 Å². The second kappa shape index (κ2) is 5.93. The molecule has 0 fully saturated rings. The maximum Gasteiger partial charge on any atom is 0.270 e. The molecule has 0 saturated heterocycles. The van der Waals surface area contributed by atoms with Gasteiger partial charge in [-0.25, -0.2) is 8.78 Å². The molecule has 0 N–H and O–H groups in total. The highest BCUT2D eigenvalue weighted by atomic mass is 35.5. The Morgan fingerprint density at radius 3 is 2.70 bits per heavy atom. The highest BCUT2D eigenvalue weighted by Gasteiger charge is 2.33. The van der Waals surface area contributed by atoms with Gasteiger partial charge in [-0.15, -0.1) is 11.6 Å². The van der Waals surface area contributed by atoms with Crippen LogP contribution in [0.2, 0.25) is 0 Å². The highest BCUT2D eigenvalue weighted by molar-refractivity contribution is 6.29. The van der Waals surface area contributed by atoms with Crippen molar-refractivity contribution in [1.29, 1.82) is 0 Å². The third-order valence-electron chi connectivity index (χ3n) is 4.18. The number of para-hydroxylation sites is 1. The molecule has 1 unspecified atom stereocenters. The summed E-state index contributed by atoms with van der Waals surface area (Å²) in [6.07, 6.45) is 0. The summed E-state index contributed by atoms with van der Waals surface area (Å²) in [4.78, 5) is 13.7. The first kappa shape index (κ1) is 15.9. The molecule has 1 amide bonds. The fraction of sp³-hybridized carbons (Fsp3) is 0.278. The van der Waals surface area contributed by atoms with Gasteiger partial charge in [0.15, 0.2) is 0 Å². The predicted molar refractivity (Wildman–Crippen MR) is 87.4 cm³/mol. The average Bonchev–Trinajstić information content (AvgIpc) is 2.93. The Bertz CT molecular complexity index is 742. The summed E-state index contributed by atoms with van der Waals surface area (Å²) in [7, 11) is 0. The number of anilines is 1. The molecule has 2 aromatic carbocycles. The molecule has 0 radical (unpaired) electrons. The molecule has 1 atom stereocenters. The molecule has 2 aromatic rings. The zero-order valence-electron chi connectivity index (χ0n) is 12.6. The van der Waals surface area contributed by atoms with Crippen LogP contribution in [0.3, 0.4) is 0 Å². The molecule has 1 aliphatic heterocycles. The van der Waals surface area contributed by atoms with Gasteiger partial charge in [-0.3, -0.25) is 4.79 Å². The molecule has 0 saturated carbocycles. The van der Waals surface area contributed by atoms with Crippen LogP contribution in [0.4, 0.5) is 14.5 Å². The average molecular weight is 336 g/mol. The normalized spacial score (nSPS) is 17.2. The maximum absolute atomic E-state index is 13.6. The number of benzene rings is 2. The summed E-state index contributed by atoms with van der Waals surface area (Å²) in [5.74, 6) is -3.30. The van der Waals surface area contributed by atoms with Crippen LogP contribution in [0, 0.1) is 0 Å². The first-order chi connectivity index (χ1) is 10.9. The zero-order chi connectivity index (χ0) is 16.6. The fourth-order valence-corrected chi connectivity index (χ4v) is 3.17. The lowest BCUT2D eigenvalue weighted by Crippen LogP contribution is -2.30. The number of nitrogens with zero attached hydrogens (tertiary/aromatic N) is 1. The van der Waals surface area contributed by atoms with E-state index in [0.29, 0.717) is 6.54 Å². The molecular weight excluding hydrogens is 320 g/mol. The topological polar surface area (TPSA) is 20.3 Å². The smallest absolute Gasteiger partial charge is 0.270 e. The quantitative estimate of drug-likeness (QED) is 0.755. The zero-order valence-corrected chi connectivity index (χ0v) is 13.4. The maximum atomic E-state index is 13.6. The minimum Gasteiger partial charge on any atom is -0.310 e. The molecule has 3 rings (SSSR count). The molecule has 23 heavy (non-hydrogen) atoms. The molecule has 1 aliphatic rings. The van der Waals surface area contributed by atoms with Gasteiger partial charge in [0.05, 0.1) is 0 Å². The highest BCUT2D eigenvalue weighted by Crippen LogP contribution is 2.41. The van der Waals surface area contributed by atoms with E-state index in [0.717, 1.165) is 23.7 Å². The van der Waals surface area contributed by atoms with Crippen molar-refractivity contribution in [3.63, 3.8) is 0 Å².